The molecule has 21 heavy (non-hydrogen) atoms. The molecule has 1 heterocycles. The van der Waals surface area contributed by atoms with Crippen molar-refractivity contribution in [3.63, 3.8) is 0 Å². The summed E-state index contributed by atoms with van der Waals surface area (Å²) in [6, 6.07) is 3.93. The fourth-order valence-corrected chi connectivity index (χ4v) is 2.22. The second kappa shape index (κ2) is 7.42. The number of rotatable bonds is 4. The number of carbonyl (C=O) groups excluding carboxylic acids is 2. The van der Waals surface area contributed by atoms with Gasteiger partial charge >= 0.3 is 0 Å². The SMILES string of the molecule is O=C(NCCC(=O)N1CCOCC1)c1ccc(F)c(S)c1. The van der Waals surface area contributed by atoms with Crippen molar-refractivity contribution in [1.82, 2.24) is 10.2 Å². The van der Waals surface area contributed by atoms with Gasteiger partial charge < -0.3 is 15.0 Å². The minimum absolute atomic E-state index is 0.00686. The zero-order valence-corrected chi connectivity index (χ0v) is 12.4. The number of carbonyl (C=O) groups is 2. The Labute approximate surface area is 127 Å². The van der Waals surface area contributed by atoms with Crippen LogP contribution in [0.5, 0.6) is 0 Å². The Morgan fingerprint density at radius 3 is 2.71 bits per heavy atom. The molecule has 114 valence electrons. The van der Waals surface area contributed by atoms with Crippen molar-refractivity contribution in [3.05, 3.63) is 29.6 Å². The Bertz CT molecular complexity index is 533. The number of thiol groups is 1. The third-order valence-corrected chi connectivity index (χ3v) is 3.54. The predicted octanol–water partition coefficient (Wildman–Crippen LogP) is 1.09. The van der Waals surface area contributed by atoms with E-state index in [2.05, 4.69) is 17.9 Å². The molecule has 2 amide bonds. The molecule has 5 nitrogen and oxygen atoms in total. The maximum absolute atomic E-state index is 13.1. The van der Waals surface area contributed by atoms with E-state index in [1.165, 1.54) is 18.2 Å². The van der Waals surface area contributed by atoms with Crippen LogP contribution in [0.4, 0.5) is 4.39 Å². The van der Waals surface area contributed by atoms with Gasteiger partial charge in [0, 0.05) is 36.5 Å². The Balaban J connectivity index is 1.78. The molecule has 1 fully saturated rings. The van der Waals surface area contributed by atoms with E-state index in [0.29, 0.717) is 31.9 Å². The average Bonchev–Trinajstić information content (AvgIpc) is 2.50. The van der Waals surface area contributed by atoms with Crippen LogP contribution in [0.15, 0.2) is 23.1 Å². The van der Waals surface area contributed by atoms with Gasteiger partial charge in [-0.25, -0.2) is 4.39 Å². The molecule has 0 unspecified atom stereocenters. The Morgan fingerprint density at radius 1 is 1.33 bits per heavy atom. The Kier molecular flexibility index (Phi) is 5.58. The topological polar surface area (TPSA) is 58.6 Å². The molecule has 0 bridgehead atoms. The lowest BCUT2D eigenvalue weighted by Gasteiger charge is -2.26. The Hall–Kier alpha value is -1.60. The molecule has 1 N–H and O–H groups in total. The van der Waals surface area contributed by atoms with Crippen molar-refractivity contribution < 1.29 is 18.7 Å². The molecule has 0 aromatic heterocycles. The van der Waals surface area contributed by atoms with E-state index in [0.717, 1.165) is 0 Å². The summed E-state index contributed by atoms with van der Waals surface area (Å²) in [4.78, 5) is 25.6. The quantitative estimate of drug-likeness (QED) is 0.819. The number of halogens is 1. The molecule has 1 aliphatic heterocycles. The van der Waals surface area contributed by atoms with Crippen molar-refractivity contribution in [2.75, 3.05) is 32.8 Å². The highest BCUT2D eigenvalue weighted by Gasteiger charge is 2.16. The molecule has 1 aliphatic rings. The third-order valence-electron chi connectivity index (χ3n) is 3.20. The molecular weight excluding hydrogens is 295 g/mol. The van der Waals surface area contributed by atoms with Crippen LogP contribution in [-0.4, -0.2) is 49.6 Å². The van der Waals surface area contributed by atoms with Crippen LogP contribution < -0.4 is 5.32 Å². The van der Waals surface area contributed by atoms with Crippen LogP contribution in [0.1, 0.15) is 16.8 Å². The van der Waals surface area contributed by atoms with Gasteiger partial charge in [-0.15, -0.1) is 12.6 Å². The maximum Gasteiger partial charge on any atom is 0.251 e. The largest absolute Gasteiger partial charge is 0.378 e. The smallest absolute Gasteiger partial charge is 0.251 e. The van der Waals surface area contributed by atoms with Crippen molar-refractivity contribution >= 4 is 24.4 Å². The highest BCUT2D eigenvalue weighted by molar-refractivity contribution is 7.80. The number of ether oxygens (including phenoxy) is 1. The normalized spacial score (nSPS) is 14.9. The fraction of sp³-hybridized carbons (Fsp3) is 0.429. The standard InChI is InChI=1S/C14H17FN2O3S/c15-11-2-1-10(9-12(11)21)14(19)16-4-3-13(18)17-5-7-20-8-6-17/h1-2,9,21H,3-8H2,(H,16,19). The van der Waals surface area contributed by atoms with E-state index >= 15 is 0 Å². The summed E-state index contributed by atoms with van der Waals surface area (Å²) in [5.41, 5.74) is 0.320. The molecule has 0 saturated carbocycles. The number of amides is 2. The lowest BCUT2D eigenvalue weighted by molar-refractivity contribution is -0.135. The van der Waals surface area contributed by atoms with Gasteiger partial charge in [-0.3, -0.25) is 9.59 Å². The van der Waals surface area contributed by atoms with E-state index in [1.807, 2.05) is 0 Å². The van der Waals surface area contributed by atoms with Crippen molar-refractivity contribution in [1.29, 1.82) is 0 Å². The third kappa shape index (κ3) is 4.44. The summed E-state index contributed by atoms with van der Waals surface area (Å²) in [6.45, 7) is 2.53. The minimum atomic E-state index is -0.475. The van der Waals surface area contributed by atoms with Crippen molar-refractivity contribution in [2.45, 2.75) is 11.3 Å². The van der Waals surface area contributed by atoms with E-state index in [-0.39, 0.29) is 29.7 Å². The zero-order chi connectivity index (χ0) is 15.2. The zero-order valence-electron chi connectivity index (χ0n) is 11.5. The summed E-state index contributed by atoms with van der Waals surface area (Å²) in [5, 5.41) is 2.64. The molecule has 2 rings (SSSR count). The van der Waals surface area contributed by atoms with Crippen molar-refractivity contribution in [3.8, 4) is 0 Å². The van der Waals surface area contributed by atoms with Crippen LogP contribution in [0, 0.1) is 5.82 Å². The number of benzene rings is 1. The number of hydrogen-bond donors (Lipinski definition) is 2. The Morgan fingerprint density at radius 2 is 2.05 bits per heavy atom. The first-order chi connectivity index (χ1) is 10.1. The van der Waals surface area contributed by atoms with Crippen LogP contribution in [0.25, 0.3) is 0 Å². The molecule has 1 saturated heterocycles. The second-order valence-electron chi connectivity index (χ2n) is 4.67. The summed E-state index contributed by atoms with van der Waals surface area (Å²) in [7, 11) is 0. The fourth-order valence-electron chi connectivity index (χ4n) is 2.01. The van der Waals surface area contributed by atoms with Gasteiger partial charge in [-0.05, 0) is 18.2 Å². The van der Waals surface area contributed by atoms with Gasteiger partial charge in [-0.2, -0.15) is 0 Å². The number of hydrogen-bond acceptors (Lipinski definition) is 4. The maximum atomic E-state index is 13.1. The first-order valence-corrected chi connectivity index (χ1v) is 7.15. The summed E-state index contributed by atoms with van der Waals surface area (Å²) >= 11 is 3.93. The molecule has 0 atom stereocenters. The van der Waals surface area contributed by atoms with Gasteiger partial charge in [0.1, 0.15) is 5.82 Å². The van der Waals surface area contributed by atoms with Crippen LogP contribution in [-0.2, 0) is 9.53 Å². The van der Waals surface area contributed by atoms with Gasteiger partial charge in [0.15, 0.2) is 0 Å². The monoisotopic (exact) mass is 312 g/mol. The van der Waals surface area contributed by atoms with Gasteiger partial charge in [0.05, 0.1) is 13.2 Å². The van der Waals surface area contributed by atoms with Crippen LogP contribution in [0.2, 0.25) is 0 Å². The lowest BCUT2D eigenvalue weighted by atomic mass is 10.2. The molecule has 1 aromatic carbocycles. The van der Waals surface area contributed by atoms with Crippen molar-refractivity contribution in [2.24, 2.45) is 0 Å². The highest BCUT2D eigenvalue weighted by atomic mass is 32.1. The number of morpholine rings is 1. The van der Waals surface area contributed by atoms with E-state index < -0.39 is 5.82 Å². The van der Waals surface area contributed by atoms with Crippen LogP contribution in [0.3, 0.4) is 0 Å². The molecule has 0 radical (unpaired) electrons. The first kappa shape index (κ1) is 15.8. The summed E-state index contributed by atoms with van der Waals surface area (Å²) < 4.78 is 18.2. The van der Waals surface area contributed by atoms with Gasteiger partial charge in [0.2, 0.25) is 5.91 Å². The van der Waals surface area contributed by atoms with E-state index in [4.69, 9.17) is 4.74 Å². The van der Waals surface area contributed by atoms with Crippen LogP contribution >= 0.6 is 12.6 Å². The molecule has 0 spiro atoms. The number of nitrogens with zero attached hydrogens (tertiary/aromatic N) is 1. The average molecular weight is 312 g/mol. The molecule has 1 aromatic rings. The molecular formula is C14H17FN2O3S. The summed E-state index contributed by atoms with van der Waals surface area (Å²) in [6.07, 6.45) is 0.237. The summed E-state index contributed by atoms with van der Waals surface area (Å²) in [5.74, 6) is -0.829. The first-order valence-electron chi connectivity index (χ1n) is 6.70. The minimum Gasteiger partial charge on any atom is -0.378 e. The van der Waals surface area contributed by atoms with Gasteiger partial charge in [-0.1, -0.05) is 0 Å². The predicted molar refractivity (Wildman–Crippen MR) is 78.0 cm³/mol. The van der Waals surface area contributed by atoms with Gasteiger partial charge in [0.25, 0.3) is 5.91 Å². The number of nitrogens with one attached hydrogen (secondary N) is 1. The second-order valence-corrected chi connectivity index (χ2v) is 5.15. The molecule has 7 heteroatoms. The van der Waals surface area contributed by atoms with E-state index in [1.54, 1.807) is 4.90 Å². The lowest BCUT2D eigenvalue weighted by Crippen LogP contribution is -2.42. The highest BCUT2D eigenvalue weighted by Crippen LogP contribution is 2.14. The molecule has 0 aliphatic carbocycles. The van der Waals surface area contributed by atoms with E-state index in [9.17, 15) is 14.0 Å².